The van der Waals surface area contributed by atoms with Gasteiger partial charge in [-0.05, 0) is 61.4 Å². The van der Waals surface area contributed by atoms with Gasteiger partial charge in [-0.1, -0.05) is 35.9 Å². The maximum absolute atomic E-state index is 12.5. The molecule has 1 N–H and O–H groups in total. The zero-order valence-electron chi connectivity index (χ0n) is 16.9. The van der Waals surface area contributed by atoms with Crippen LogP contribution in [0.3, 0.4) is 0 Å². The van der Waals surface area contributed by atoms with Gasteiger partial charge in [0.15, 0.2) is 0 Å². The van der Waals surface area contributed by atoms with Gasteiger partial charge in [0.1, 0.15) is 11.4 Å². The van der Waals surface area contributed by atoms with Crippen LogP contribution in [-0.2, 0) is 9.63 Å². The molecule has 30 heavy (non-hydrogen) atoms. The molecular weight excluding hydrogens is 404 g/mol. The zero-order chi connectivity index (χ0) is 22.1. The lowest BCUT2D eigenvalue weighted by Crippen LogP contribution is -2.14. The highest BCUT2D eigenvalue weighted by Gasteiger charge is 2.15. The fourth-order valence-electron chi connectivity index (χ4n) is 2.48. The zero-order valence-corrected chi connectivity index (χ0v) is 17.7. The number of oxime groups is 2. The summed E-state index contributed by atoms with van der Waals surface area (Å²) in [6.45, 7) is 4.73. The monoisotopic (exact) mass is 426 g/mol. The summed E-state index contributed by atoms with van der Waals surface area (Å²) >= 11 is 1.47. The molecule has 0 saturated carbocycles. The molecule has 0 spiro atoms. The van der Waals surface area contributed by atoms with Crippen molar-refractivity contribution in [3.63, 3.8) is 0 Å². The molecule has 0 bridgehead atoms. The number of carbonyl (C=O) groups is 3. The molecule has 0 fully saturated rings. The Balaban J connectivity index is 2.09. The molecule has 0 saturated heterocycles. The lowest BCUT2D eigenvalue weighted by molar-refractivity contribution is -0.140. The van der Waals surface area contributed by atoms with E-state index in [1.54, 1.807) is 38.1 Å². The third kappa shape index (κ3) is 6.12. The summed E-state index contributed by atoms with van der Waals surface area (Å²) in [5.41, 5.74) is 1.18. The summed E-state index contributed by atoms with van der Waals surface area (Å²) in [4.78, 5) is 41.9. The normalized spacial score (nSPS) is 11.8. The van der Waals surface area contributed by atoms with Crippen LogP contribution in [0.15, 0.2) is 68.6 Å². The van der Waals surface area contributed by atoms with Crippen molar-refractivity contribution in [2.75, 3.05) is 0 Å². The molecule has 0 aliphatic carbocycles. The van der Waals surface area contributed by atoms with Crippen molar-refractivity contribution in [1.82, 2.24) is 0 Å². The Morgan fingerprint density at radius 1 is 0.833 bits per heavy atom. The number of rotatable bonds is 9. The van der Waals surface area contributed by atoms with E-state index >= 15 is 0 Å². The quantitative estimate of drug-likeness (QED) is 0.203. The number of Topliss-reactive ketones (excluding diaryl/α,β-unsaturated/α-hetero) is 2. The lowest BCUT2D eigenvalue weighted by Gasteiger charge is -2.06. The van der Waals surface area contributed by atoms with E-state index in [2.05, 4.69) is 15.1 Å². The first kappa shape index (κ1) is 23.0. The molecule has 0 amide bonds. The largest absolute Gasteiger partial charge is 0.411 e. The van der Waals surface area contributed by atoms with Gasteiger partial charge in [-0.3, -0.25) is 9.59 Å². The van der Waals surface area contributed by atoms with Gasteiger partial charge in [-0.15, -0.1) is 0 Å². The molecule has 156 valence electrons. The van der Waals surface area contributed by atoms with Crippen molar-refractivity contribution in [1.29, 1.82) is 0 Å². The van der Waals surface area contributed by atoms with Crippen LogP contribution < -0.4 is 0 Å². The number of benzene rings is 2. The second kappa shape index (κ2) is 11.1. The maximum Gasteiger partial charge on any atom is 0.331 e. The standard InChI is InChI=1S/C22H22N2O5S/c1-4-19(23-28)21(26)15-6-10-17(11-7-15)30-18-12-8-16(9-13-18)22(27)20(5-2)24-29-14(3)25/h6-13,28H,4-5H2,1-3H3. The van der Waals surface area contributed by atoms with E-state index in [0.29, 0.717) is 24.0 Å². The maximum atomic E-state index is 12.5. The van der Waals surface area contributed by atoms with E-state index in [0.717, 1.165) is 9.79 Å². The van der Waals surface area contributed by atoms with Gasteiger partial charge < -0.3 is 10.0 Å². The van der Waals surface area contributed by atoms with Crippen molar-refractivity contribution in [3.8, 4) is 0 Å². The highest BCUT2D eigenvalue weighted by atomic mass is 32.2. The van der Waals surface area contributed by atoms with Gasteiger partial charge in [0.05, 0.1) is 0 Å². The Kier molecular flexibility index (Phi) is 8.49. The van der Waals surface area contributed by atoms with Crippen molar-refractivity contribution < 1.29 is 24.4 Å². The van der Waals surface area contributed by atoms with Crippen LogP contribution in [0, 0.1) is 0 Å². The van der Waals surface area contributed by atoms with Gasteiger partial charge in [0, 0.05) is 27.8 Å². The molecule has 0 radical (unpaired) electrons. The van der Waals surface area contributed by atoms with Crippen molar-refractivity contribution in [2.24, 2.45) is 10.3 Å². The number of hydrogen-bond donors (Lipinski definition) is 1. The SMILES string of the molecule is CCC(=NO)C(=O)c1ccc(Sc2ccc(C(=O)C(CC)=NOC(C)=O)cc2)cc1. The highest BCUT2D eigenvalue weighted by molar-refractivity contribution is 7.99. The van der Waals surface area contributed by atoms with Crippen LogP contribution >= 0.6 is 11.8 Å². The molecule has 0 aliphatic rings. The third-order valence-corrected chi connectivity index (χ3v) is 5.08. The summed E-state index contributed by atoms with van der Waals surface area (Å²) in [6.07, 6.45) is 0.691. The topological polar surface area (TPSA) is 105 Å². The molecule has 7 nitrogen and oxygen atoms in total. The highest BCUT2D eigenvalue weighted by Crippen LogP contribution is 2.28. The Labute approximate surface area is 178 Å². The molecule has 0 atom stereocenters. The van der Waals surface area contributed by atoms with E-state index in [9.17, 15) is 14.4 Å². The van der Waals surface area contributed by atoms with Crippen LogP contribution in [0.1, 0.15) is 54.3 Å². The van der Waals surface area contributed by atoms with Crippen LogP contribution in [0.25, 0.3) is 0 Å². The first-order chi connectivity index (χ1) is 14.4. The summed E-state index contributed by atoms with van der Waals surface area (Å²) in [5.74, 6) is -1.18. The second-order valence-corrected chi connectivity index (χ2v) is 7.33. The first-order valence-electron chi connectivity index (χ1n) is 9.32. The minimum absolute atomic E-state index is 0.111. The van der Waals surface area contributed by atoms with Crippen LogP contribution in [-0.4, -0.2) is 34.2 Å². The molecule has 0 heterocycles. The number of carbonyl (C=O) groups excluding carboxylic acids is 3. The molecule has 2 aromatic rings. The van der Waals surface area contributed by atoms with Gasteiger partial charge in [-0.25, -0.2) is 4.79 Å². The second-order valence-electron chi connectivity index (χ2n) is 6.18. The molecule has 0 aliphatic heterocycles. The van der Waals surface area contributed by atoms with Crippen LogP contribution in [0.5, 0.6) is 0 Å². The Hall–Kier alpha value is -3.26. The fraction of sp³-hybridized carbons (Fsp3) is 0.227. The first-order valence-corrected chi connectivity index (χ1v) is 10.1. The number of ketones is 2. The minimum Gasteiger partial charge on any atom is -0.411 e. The summed E-state index contributed by atoms with van der Waals surface area (Å²) in [7, 11) is 0. The Morgan fingerprint density at radius 2 is 1.27 bits per heavy atom. The average molecular weight is 426 g/mol. The van der Waals surface area contributed by atoms with E-state index < -0.39 is 5.97 Å². The fourth-order valence-corrected chi connectivity index (χ4v) is 3.30. The predicted octanol–water partition coefficient (Wildman–Crippen LogP) is 4.77. The van der Waals surface area contributed by atoms with E-state index in [-0.39, 0.29) is 23.0 Å². The van der Waals surface area contributed by atoms with Crippen LogP contribution in [0.4, 0.5) is 0 Å². The third-order valence-electron chi connectivity index (χ3n) is 4.07. The predicted molar refractivity (Wildman–Crippen MR) is 115 cm³/mol. The summed E-state index contributed by atoms with van der Waals surface area (Å²) < 4.78 is 0. The van der Waals surface area contributed by atoms with Crippen molar-refractivity contribution in [2.45, 2.75) is 43.4 Å². The number of nitrogens with zero attached hydrogens (tertiary/aromatic N) is 2. The van der Waals surface area contributed by atoms with Gasteiger partial charge in [0.2, 0.25) is 11.6 Å². The van der Waals surface area contributed by atoms with Gasteiger partial charge >= 0.3 is 5.97 Å². The Bertz CT molecular complexity index is 980. The molecule has 2 aromatic carbocycles. The summed E-state index contributed by atoms with van der Waals surface area (Å²) in [6, 6.07) is 14.0. The molecular formula is C22H22N2O5S. The molecule has 2 rings (SSSR count). The molecule has 0 unspecified atom stereocenters. The molecule has 8 heteroatoms. The van der Waals surface area contributed by atoms with Gasteiger partial charge in [-0.2, -0.15) is 0 Å². The lowest BCUT2D eigenvalue weighted by atomic mass is 10.1. The Morgan fingerprint density at radius 3 is 1.63 bits per heavy atom. The van der Waals surface area contributed by atoms with Crippen molar-refractivity contribution in [3.05, 3.63) is 59.7 Å². The smallest absolute Gasteiger partial charge is 0.331 e. The van der Waals surface area contributed by atoms with E-state index in [1.165, 1.54) is 18.7 Å². The van der Waals surface area contributed by atoms with Crippen molar-refractivity contribution >= 4 is 40.7 Å². The van der Waals surface area contributed by atoms with E-state index in [1.807, 2.05) is 24.3 Å². The van der Waals surface area contributed by atoms with E-state index in [4.69, 9.17) is 5.21 Å². The van der Waals surface area contributed by atoms with Gasteiger partial charge in [0.25, 0.3) is 0 Å². The minimum atomic E-state index is -0.581. The average Bonchev–Trinajstić information content (AvgIpc) is 2.75. The van der Waals surface area contributed by atoms with Crippen LogP contribution in [0.2, 0.25) is 0 Å². The summed E-state index contributed by atoms with van der Waals surface area (Å²) in [5, 5.41) is 15.5. The molecule has 0 aromatic heterocycles. The number of hydrogen-bond acceptors (Lipinski definition) is 8.